The molecule has 2 aliphatic heterocycles. The first-order chi connectivity index (χ1) is 12.5. The topological polar surface area (TPSA) is 53.1 Å². The standard InChI is InChI=1S/C19H26ClN3O3/c1-14(13-26-2)23-12-15(10-18(23)24)19(25)22-8-6-21(7-9-22)17-5-3-4-16(20)11-17/h3-5,11,14-15H,6-10,12-13H2,1-2H3/t14-,15+/m1/s1. The second-order valence-corrected chi connectivity index (χ2v) is 7.48. The van der Waals surface area contributed by atoms with E-state index in [0.717, 1.165) is 23.8 Å². The van der Waals surface area contributed by atoms with Gasteiger partial charge in [-0.2, -0.15) is 0 Å². The summed E-state index contributed by atoms with van der Waals surface area (Å²) in [5, 5.41) is 0.718. The largest absolute Gasteiger partial charge is 0.383 e. The highest BCUT2D eigenvalue weighted by Crippen LogP contribution is 2.25. The molecule has 1 aromatic rings. The lowest BCUT2D eigenvalue weighted by Gasteiger charge is -2.37. The van der Waals surface area contributed by atoms with Crippen molar-refractivity contribution in [3.8, 4) is 0 Å². The van der Waals surface area contributed by atoms with Crippen LogP contribution in [-0.2, 0) is 14.3 Å². The van der Waals surface area contributed by atoms with Crippen molar-refractivity contribution in [2.24, 2.45) is 5.92 Å². The highest BCUT2D eigenvalue weighted by atomic mass is 35.5. The summed E-state index contributed by atoms with van der Waals surface area (Å²) in [4.78, 5) is 31.0. The summed E-state index contributed by atoms with van der Waals surface area (Å²) in [6, 6.07) is 7.79. The van der Waals surface area contributed by atoms with Gasteiger partial charge in [-0.15, -0.1) is 0 Å². The van der Waals surface area contributed by atoms with E-state index < -0.39 is 0 Å². The predicted molar refractivity (Wildman–Crippen MR) is 101 cm³/mol. The summed E-state index contributed by atoms with van der Waals surface area (Å²) in [6.07, 6.45) is 0.307. The maximum atomic E-state index is 12.8. The molecule has 2 saturated heterocycles. The maximum absolute atomic E-state index is 12.8. The van der Waals surface area contributed by atoms with Crippen LogP contribution in [0.25, 0.3) is 0 Å². The highest BCUT2D eigenvalue weighted by Gasteiger charge is 2.39. The Morgan fingerprint density at radius 2 is 2.04 bits per heavy atom. The van der Waals surface area contributed by atoms with Gasteiger partial charge in [0.1, 0.15) is 0 Å². The van der Waals surface area contributed by atoms with E-state index in [-0.39, 0.29) is 23.8 Å². The lowest BCUT2D eigenvalue weighted by atomic mass is 10.1. The zero-order valence-electron chi connectivity index (χ0n) is 15.4. The lowest BCUT2D eigenvalue weighted by Crippen LogP contribution is -2.50. The van der Waals surface area contributed by atoms with Crippen LogP contribution in [-0.4, -0.2) is 74.1 Å². The molecule has 6 nitrogen and oxygen atoms in total. The Labute approximate surface area is 159 Å². The number of methoxy groups -OCH3 is 1. The molecule has 3 rings (SSSR count). The Morgan fingerprint density at radius 3 is 2.69 bits per heavy atom. The lowest BCUT2D eigenvalue weighted by molar-refractivity contribution is -0.136. The molecule has 7 heteroatoms. The van der Waals surface area contributed by atoms with E-state index in [2.05, 4.69) is 4.90 Å². The minimum atomic E-state index is -0.237. The SMILES string of the molecule is COC[C@@H](C)N1C[C@@H](C(=O)N2CCN(c3cccc(Cl)c3)CC2)CC1=O. The number of amides is 2. The normalized spacial score (nSPS) is 22.0. The van der Waals surface area contributed by atoms with Crippen LogP contribution < -0.4 is 4.90 Å². The first-order valence-electron chi connectivity index (χ1n) is 9.07. The molecule has 0 aliphatic carbocycles. The second kappa shape index (κ2) is 8.27. The third-order valence-electron chi connectivity index (χ3n) is 5.21. The zero-order chi connectivity index (χ0) is 18.7. The number of piperazine rings is 1. The molecule has 0 radical (unpaired) electrons. The summed E-state index contributed by atoms with van der Waals surface area (Å²) < 4.78 is 5.13. The van der Waals surface area contributed by atoms with Crippen LogP contribution in [0.15, 0.2) is 24.3 Å². The second-order valence-electron chi connectivity index (χ2n) is 7.04. The van der Waals surface area contributed by atoms with Gasteiger partial charge >= 0.3 is 0 Å². The number of anilines is 1. The number of carbonyl (C=O) groups is 2. The molecule has 2 atom stereocenters. The molecule has 2 amide bonds. The molecule has 2 fully saturated rings. The van der Waals surface area contributed by atoms with Crippen LogP contribution in [0, 0.1) is 5.92 Å². The number of nitrogens with zero attached hydrogens (tertiary/aromatic N) is 3. The van der Waals surface area contributed by atoms with Gasteiger partial charge in [-0.25, -0.2) is 0 Å². The molecular weight excluding hydrogens is 354 g/mol. The number of benzene rings is 1. The van der Waals surface area contributed by atoms with Gasteiger partial charge in [-0.3, -0.25) is 9.59 Å². The van der Waals surface area contributed by atoms with Gasteiger partial charge in [-0.05, 0) is 25.1 Å². The Bertz CT molecular complexity index is 661. The van der Waals surface area contributed by atoms with Crippen LogP contribution in [0.5, 0.6) is 0 Å². The molecule has 142 valence electrons. The van der Waals surface area contributed by atoms with E-state index in [1.165, 1.54) is 0 Å². The van der Waals surface area contributed by atoms with Gasteiger partial charge in [0.25, 0.3) is 0 Å². The summed E-state index contributed by atoms with van der Waals surface area (Å²) in [6.45, 7) is 5.83. The van der Waals surface area contributed by atoms with Crippen molar-refractivity contribution in [3.05, 3.63) is 29.3 Å². The van der Waals surface area contributed by atoms with E-state index in [0.29, 0.717) is 32.7 Å². The molecule has 0 bridgehead atoms. The average Bonchev–Trinajstić information content (AvgIpc) is 3.03. The van der Waals surface area contributed by atoms with Gasteiger partial charge in [0, 0.05) is 57.0 Å². The molecule has 1 aromatic carbocycles. The number of hydrogen-bond acceptors (Lipinski definition) is 4. The molecule has 0 spiro atoms. The number of ether oxygens (including phenoxy) is 1. The molecule has 0 saturated carbocycles. The van der Waals surface area contributed by atoms with Crippen LogP contribution in [0.2, 0.25) is 5.02 Å². The monoisotopic (exact) mass is 379 g/mol. The van der Waals surface area contributed by atoms with Gasteiger partial charge in [-0.1, -0.05) is 17.7 Å². The molecule has 2 aliphatic rings. The van der Waals surface area contributed by atoms with Crippen molar-refractivity contribution >= 4 is 29.1 Å². The average molecular weight is 380 g/mol. The fourth-order valence-electron chi connectivity index (χ4n) is 3.77. The fourth-order valence-corrected chi connectivity index (χ4v) is 3.95. The Hall–Kier alpha value is -1.79. The van der Waals surface area contributed by atoms with Crippen molar-refractivity contribution in [2.45, 2.75) is 19.4 Å². The van der Waals surface area contributed by atoms with Crippen LogP contribution in [0.3, 0.4) is 0 Å². The Balaban J connectivity index is 1.55. The number of likely N-dealkylation sites (tertiary alicyclic amines) is 1. The molecule has 0 aromatic heterocycles. The predicted octanol–water partition coefficient (Wildman–Crippen LogP) is 1.87. The highest BCUT2D eigenvalue weighted by molar-refractivity contribution is 6.30. The van der Waals surface area contributed by atoms with Gasteiger partial charge in [0.15, 0.2) is 0 Å². The fraction of sp³-hybridized carbons (Fsp3) is 0.579. The van der Waals surface area contributed by atoms with E-state index >= 15 is 0 Å². The summed E-state index contributed by atoms with van der Waals surface area (Å²) in [5.74, 6) is -0.0961. The van der Waals surface area contributed by atoms with Crippen molar-refractivity contribution < 1.29 is 14.3 Å². The molecule has 0 N–H and O–H groups in total. The van der Waals surface area contributed by atoms with Crippen molar-refractivity contribution in [1.29, 1.82) is 0 Å². The van der Waals surface area contributed by atoms with Crippen molar-refractivity contribution in [2.75, 3.05) is 51.3 Å². The van der Waals surface area contributed by atoms with E-state index in [4.69, 9.17) is 16.3 Å². The number of rotatable bonds is 5. The van der Waals surface area contributed by atoms with E-state index in [1.807, 2.05) is 36.1 Å². The number of hydrogen-bond donors (Lipinski definition) is 0. The molecule has 26 heavy (non-hydrogen) atoms. The molecule has 2 heterocycles. The molecule has 0 unspecified atom stereocenters. The summed E-state index contributed by atoms with van der Waals surface area (Å²) in [5.41, 5.74) is 1.08. The smallest absolute Gasteiger partial charge is 0.228 e. The van der Waals surface area contributed by atoms with Crippen LogP contribution >= 0.6 is 11.6 Å². The third-order valence-corrected chi connectivity index (χ3v) is 5.45. The minimum absolute atomic E-state index is 0.00461. The Kier molecular flexibility index (Phi) is 6.04. The maximum Gasteiger partial charge on any atom is 0.228 e. The van der Waals surface area contributed by atoms with Gasteiger partial charge in [0.05, 0.1) is 18.6 Å². The van der Waals surface area contributed by atoms with Crippen LogP contribution in [0.1, 0.15) is 13.3 Å². The zero-order valence-corrected chi connectivity index (χ0v) is 16.1. The first-order valence-corrected chi connectivity index (χ1v) is 9.45. The van der Waals surface area contributed by atoms with Crippen LogP contribution in [0.4, 0.5) is 5.69 Å². The Morgan fingerprint density at radius 1 is 1.31 bits per heavy atom. The van der Waals surface area contributed by atoms with Gasteiger partial charge < -0.3 is 19.4 Å². The van der Waals surface area contributed by atoms with E-state index in [9.17, 15) is 9.59 Å². The van der Waals surface area contributed by atoms with Crippen molar-refractivity contribution in [1.82, 2.24) is 9.80 Å². The first kappa shape index (κ1) is 19.0. The summed E-state index contributed by atoms with van der Waals surface area (Å²) >= 11 is 6.07. The third kappa shape index (κ3) is 4.13. The molecular formula is C19H26ClN3O3. The number of carbonyl (C=O) groups excluding carboxylic acids is 2. The summed E-state index contributed by atoms with van der Waals surface area (Å²) in [7, 11) is 1.62. The minimum Gasteiger partial charge on any atom is -0.383 e. The quantitative estimate of drug-likeness (QED) is 0.783. The van der Waals surface area contributed by atoms with Gasteiger partial charge in [0.2, 0.25) is 11.8 Å². The number of halogens is 1. The van der Waals surface area contributed by atoms with E-state index in [1.54, 1.807) is 12.0 Å². The van der Waals surface area contributed by atoms with Crippen molar-refractivity contribution in [3.63, 3.8) is 0 Å².